The number of hydrogen-bond acceptors (Lipinski definition) is 2. The van der Waals surface area contributed by atoms with Crippen molar-refractivity contribution in [1.82, 2.24) is 5.32 Å². The summed E-state index contributed by atoms with van der Waals surface area (Å²) >= 11 is 4.95. The molecule has 1 aromatic heterocycles. The van der Waals surface area contributed by atoms with E-state index in [0.717, 1.165) is 0 Å². The van der Waals surface area contributed by atoms with Crippen LogP contribution in [0.25, 0.3) is 0 Å². The number of rotatable bonds is 1. The lowest BCUT2D eigenvalue weighted by Crippen LogP contribution is -2.52. The fraction of sp³-hybridized carbons (Fsp3) is 0.286. The average molecular weight is 232 g/mol. The van der Waals surface area contributed by atoms with E-state index < -0.39 is 0 Å². The highest BCUT2D eigenvalue weighted by molar-refractivity contribution is 9.10. The molecule has 2 unspecified atom stereocenters. The van der Waals surface area contributed by atoms with Crippen LogP contribution in [0.3, 0.4) is 0 Å². The van der Waals surface area contributed by atoms with Gasteiger partial charge >= 0.3 is 0 Å². The van der Waals surface area contributed by atoms with E-state index in [1.54, 1.807) is 11.3 Å². The molecule has 58 valence electrons. The third-order valence-electron chi connectivity index (χ3n) is 1.74. The zero-order valence-electron chi connectivity index (χ0n) is 5.58. The number of carbonyl (C=O) groups is 1. The summed E-state index contributed by atoms with van der Waals surface area (Å²) in [5.74, 6) is 0.0844. The SMILES string of the molecule is O=C1NC(c2ccsc2)C1Br. The highest BCUT2D eigenvalue weighted by Gasteiger charge is 2.37. The zero-order valence-corrected chi connectivity index (χ0v) is 7.98. The second-order valence-corrected chi connectivity index (χ2v) is 4.21. The Morgan fingerprint density at radius 3 is 2.91 bits per heavy atom. The van der Waals surface area contributed by atoms with Crippen LogP contribution in [0.1, 0.15) is 11.6 Å². The first-order chi connectivity index (χ1) is 5.29. The Morgan fingerprint density at radius 2 is 2.45 bits per heavy atom. The van der Waals surface area contributed by atoms with Crippen molar-refractivity contribution < 1.29 is 4.79 Å². The Balaban J connectivity index is 2.15. The minimum absolute atomic E-state index is 0.0305. The molecule has 0 bridgehead atoms. The van der Waals surface area contributed by atoms with Crippen LogP contribution in [-0.2, 0) is 4.79 Å². The molecule has 2 heterocycles. The number of amides is 1. The first-order valence-electron chi connectivity index (χ1n) is 3.25. The summed E-state index contributed by atoms with van der Waals surface area (Å²) < 4.78 is 0. The quantitative estimate of drug-likeness (QED) is 0.579. The van der Waals surface area contributed by atoms with Crippen molar-refractivity contribution in [3.05, 3.63) is 22.4 Å². The maximum absolute atomic E-state index is 10.8. The van der Waals surface area contributed by atoms with Crippen molar-refractivity contribution in [3.8, 4) is 0 Å². The molecule has 0 spiro atoms. The van der Waals surface area contributed by atoms with Gasteiger partial charge in [-0.05, 0) is 22.4 Å². The van der Waals surface area contributed by atoms with Crippen molar-refractivity contribution in [2.45, 2.75) is 10.9 Å². The topological polar surface area (TPSA) is 29.1 Å². The second kappa shape index (κ2) is 2.60. The molecule has 0 saturated carbocycles. The third kappa shape index (κ3) is 1.10. The Morgan fingerprint density at radius 1 is 1.64 bits per heavy atom. The van der Waals surface area contributed by atoms with E-state index in [1.807, 2.05) is 11.4 Å². The smallest absolute Gasteiger partial charge is 0.236 e. The Bertz CT molecular complexity index is 272. The number of halogens is 1. The number of carbonyl (C=O) groups excluding carboxylic acids is 1. The van der Waals surface area contributed by atoms with Gasteiger partial charge in [-0.15, -0.1) is 0 Å². The molecule has 1 amide bonds. The summed E-state index contributed by atoms with van der Waals surface area (Å²) in [4.78, 5) is 10.8. The molecule has 1 aliphatic heterocycles. The van der Waals surface area contributed by atoms with Crippen molar-refractivity contribution in [1.29, 1.82) is 0 Å². The van der Waals surface area contributed by atoms with Crippen LogP contribution < -0.4 is 5.32 Å². The summed E-state index contributed by atoms with van der Waals surface area (Å²) in [6.45, 7) is 0. The maximum Gasteiger partial charge on any atom is 0.236 e. The van der Waals surface area contributed by atoms with Gasteiger partial charge in [0.2, 0.25) is 5.91 Å². The number of alkyl halides is 1. The maximum atomic E-state index is 10.8. The molecule has 1 aromatic rings. The van der Waals surface area contributed by atoms with E-state index in [0.29, 0.717) is 0 Å². The van der Waals surface area contributed by atoms with Crippen molar-refractivity contribution in [2.75, 3.05) is 0 Å². The van der Waals surface area contributed by atoms with E-state index in [9.17, 15) is 4.79 Å². The lowest BCUT2D eigenvalue weighted by atomic mass is 10.0. The van der Waals surface area contributed by atoms with Crippen LogP contribution in [0.5, 0.6) is 0 Å². The largest absolute Gasteiger partial charge is 0.347 e. The van der Waals surface area contributed by atoms with Gasteiger partial charge in [-0.25, -0.2) is 0 Å². The van der Waals surface area contributed by atoms with Crippen molar-refractivity contribution in [3.63, 3.8) is 0 Å². The predicted octanol–water partition coefficient (Wildman–Crippen LogP) is 1.68. The van der Waals surface area contributed by atoms with Crippen LogP contribution in [-0.4, -0.2) is 10.7 Å². The monoisotopic (exact) mass is 231 g/mol. The van der Waals surface area contributed by atoms with Crippen molar-refractivity contribution >= 4 is 33.2 Å². The summed E-state index contributed by atoms with van der Waals surface area (Å²) in [6, 6.07) is 2.22. The van der Waals surface area contributed by atoms with Gasteiger partial charge in [-0.3, -0.25) is 4.79 Å². The van der Waals surface area contributed by atoms with Gasteiger partial charge in [0.15, 0.2) is 0 Å². The molecule has 4 heteroatoms. The van der Waals surface area contributed by atoms with E-state index in [1.165, 1.54) is 5.56 Å². The molecule has 0 radical (unpaired) electrons. The zero-order chi connectivity index (χ0) is 7.84. The van der Waals surface area contributed by atoms with Gasteiger partial charge in [-0.2, -0.15) is 11.3 Å². The van der Waals surface area contributed by atoms with Gasteiger partial charge in [-0.1, -0.05) is 15.9 Å². The molecule has 0 aromatic carbocycles. The summed E-state index contributed by atoms with van der Waals surface area (Å²) in [5, 5.41) is 6.88. The van der Waals surface area contributed by atoms with E-state index in [-0.39, 0.29) is 16.8 Å². The molecular formula is C7H6BrNOS. The van der Waals surface area contributed by atoms with Crippen LogP contribution in [0.2, 0.25) is 0 Å². The first-order valence-corrected chi connectivity index (χ1v) is 5.11. The highest BCUT2D eigenvalue weighted by Crippen LogP contribution is 2.31. The van der Waals surface area contributed by atoms with Crippen molar-refractivity contribution in [2.24, 2.45) is 0 Å². The molecular weight excluding hydrogens is 226 g/mol. The first kappa shape index (κ1) is 7.31. The van der Waals surface area contributed by atoms with Gasteiger partial charge in [0.1, 0.15) is 4.83 Å². The number of thiophene rings is 1. The fourth-order valence-electron chi connectivity index (χ4n) is 1.07. The van der Waals surface area contributed by atoms with Crippen LogP contribution >= 0.6 is 27.3 Å². The molecule has 2 nitrogen and oxygen atoms in total. The fourth-order valence-corrected chi connectivity index (χ4v) is 2.33. The predicted molar refractivity (Wildman–Crippen MR) is 47.9 cm³/mol. The Kier molecular flexibility index (Phi) is 1.73. The van der Waals surface area contributed by atoms with E-state index in [2.05, 4.69) is 26.6 Å². The molecule has 1 saturated heterocycles. The summed E-state index contributed by atoms with van der Waals surface area (Å²) in [6.07, 6.45) is 0. The molecule has 1 aliphatic rings. The highest BCUT2D eigenvalue weighted by atomic mass is 79.9. The lowest BCUT2D eigenvalue weighted by Gasteiger charge is -2.32. The Labute approximate surface area is 76.7 Å². The summed E-state index contributed by atoms with van der Waals surface area (Å²) in [5.41, 5.74) is 1.19. The second-order valence-electron chi connectivity index (χ2n) is 2.44. The number of hydrogen-bond donors (Lipinski definition) is 1. The van der Waals surface area contributed by atoms with Gasteiger partial charge < -0.3 is 5.32 Å². The van der Waals surface area contributed by atoms with Crippen LogP contribution in [0.4, 0.5) is 0 Å². The number of β-lactam (4-membered cyclic amide) rings is 1. The van der Waals surface area contributed by atoms with Crippen LogP contribution in [0.15, 0.2) is 16.8 Å². The molecule has 2 rings (SSSR count). The minimum Gasteiger partial charge on any atom is -0.347 e. The molecule has 1 fully saturated rings. The normalized spacial score (nSPS) is 29.4. The molecule has 1 N–H and O–H groups in total. The summed E-state index contributed by atoms with van der Waals surface area (Å²) in [7, 11) is 0. The standard InChI is InChI=1S/C7H6BrNOS/c8-5-6(9-7(5)10)4-1-2-11-3-4/h1-3,5-6H,(H,9,10). The lowest BCUT2D eigenvalue weighted by molar-refractivity contribution is -0.127. The van der Waals surface area contributed by atoms with Gasteiger partial charge in [0.05, 0.1) is 6.04 Å². The van der Waals surface area contributed by atoms with Gasteiger partial charge in [0.25, 0.3) is 0 Å². The van der Waals surface area contributed by atoms with Crippen LogP contribution in [0, 0.1) is 0 Å². The third-order valence-corrected chi connectivity index (χ3v) is 3.39. The van der Waals surface area contributed by atoms with Gasteiger partial charge in [0, 0.05) is 0 Å². The molecule has 11 heavy (non-hydrogen) atoms. The molecule has 2 atom stereocenters. The Hall–Kier alpha value is -0.350. The minimum atomic E-state index is -0.0305. The molecule has 0 aliphatic carbocycles. The van der Waals surface area contributed by atoms with E-state index in [4.69, 9.17) is 0 Å². The number of nitrogens with one attached hydrogen (secondary N) is 1. The van der Waals surface area contributed by atoms with E-state index >= 15 is 0 Å². The average Bonchev–Trinajstić information content (AvgIpc) is 2.51.